The first-order valence-electron chi connectivity index (χ1n) is 13.0. The van der Waals surface area contributed by atoms with Gasteiger partial charge in [0.2, 0.25) is 5.91 Å². The van der Waals surface area contributed by atoms with E-state index in [4.69, 9.17) is 25.8 Å². The van der Waals surface area contributed by atoms with Gasteiger partial charge >= 0.3 is 0 Å². The van der Waals surface area contributed by atoms with Crippen molar-refractivity contribution in [2.24, 2.45) is 5.10 Å². The Hall–Kier alpha value is -3.85. The molecule has 2 aromatic carbocycles. The van der Waals surface area contributed by atoms with Crippen LogP contribution in [-0.4, -0.2) is 67.7 Å². The zero-order chi connectivity index (χ0) is 28.9. The lowest BCUT2D eigenvalue weighted by atomic mass is 10.0. The molecule has 0 unspecified atom stereocenters. The molecule has 0 saturated heterocycles. The van der Waals surface area contributed by atoms with E-state index < -0.39 is 6.10 Å². The van der Waals surface area contributed by atoms with Crippen LogP contribution in [0.3, 0.4) is 0 Å². The Morgan fingerprint density at radius 2 is 1.98 bits per heavy atom. The number of hydrogen-bond acceptors (Lipinski definition) is 9. The highest BCUT2D eigenvalue weighted by Gasteiger charge is 2.15. The fourth-order valence-electron chi connectivity index (χ4n) is 3.59. The van der Waals surface area contributed by atoms with Gasteiger partial charge in [-0.3, -0.25) is 9.59 Å². The predicted octanol–water partition coefficient (Wildman–Crippen LogP) is 2.53. The largest absolute Gasteiger partial charge is 0.493 e. The fourth-order valence-corrected chi connectivity index (χ4v) is 3.83. The summed E-state index contributed by atoms with van der Waals surface area (Å²) >= 11 is 6.29. The molecule has 2 aromatic rings. The van der Waals surface area contributed by atoms with E-state index in [9.17, 15) is 20.0 Å². The standard InChI is InChI=1S/C28H34ClN5O6/c1-18(2)32-15-21(35)16-39-25-8-5-22(12-20(25)14-30)38-11-3-10-31-28(37)17-40-26-7-4-19(13-23(26)29)24-6-9-27(36)34-33-24/h4-5,7-8,12-13,18,21,32,35H,3,6,9-11,15-17H2,1-2H3,(H,31,37)(H,34,36)/t21-/m0/s1. The van der Waals surface area contributed by atoms with Gasteiger partial charge in [-0.25, -0.2) is 5.43 Å². The molecule has 11 nitrogen and oxygen atoms in total. The maximum Gasteiger partial charge on any atom is 0.257 e. The van der Waals surface area contributed by atoms with Crippen LogP contribution in [0.5, 0.6) is 17.2 Å². The summed E-state index contributed by atoms with van der Waals surface area (Å²) in [7, 11) is 0. The van der Waals surface area contributed by atoms with Crippen molar-refractivity contribution >= 4 is 29.1 Å². The van der Waals surface area contributed by atoms with Crippen molar-refractivity contribution in [2.75, 3.05) is 32.9 Å². The maximum absolute atomic E-state index is 12.2. The Labute approximate surface area is 238 Å². The molecule has 1 heterocycles. The molecule has 1 aliphatic rings. The topological polar surface area (TPSA) is 154 Å². The molecule has 40 heavy (non-hydrogen) atoms. The highest BCUT2D eigenvalue weighted by molar-refractivity contribution is 6.32. The van der Waals surface area contributed by atoms with Crippen LogP contribution in [0.2, 0.25) is 5.02 Å². The zero-order valence-electron chi connectivity index (χ0n) is 22.5. The number of nitriles is 1. The quantitative estimate of drug-likeness (QED) is 0.238. The van der Waals surface area contributed by atoms with Gasteiger partial charge in [0.25, 0.3) is 5.91 Å². The van der Waals surface area contributed by atoms with Gasteiger partial charge in [-0.2, -0.15) is 10.4 Å². The molecular formula is C28H34ClN5O6. The summed E-state index contributed by atoms with van der Waals surface area (Å²) in [6.07, 6.45) is 0.728. The molecule has 12 heteroatoms. The number of carbonyl (C=O) groups is 2. The number of benzene rings is 2. The third kappa shape index (κ3) is 10.0. The lowest BCUT2D eigenvalue weighted by Gasteiger charge is -2.16. The molecular weight excluding hydrogens is 538 g/mol. The summed E-state index contributed by atoms with van der Waals surface area (Å²) in [5.41, 5.74) is 4.26. The summed E-state index contributed by atoms with van der Waals surface area (Å²) in [5.74, 6) is 0.811. The molecule has 0 aliphatic carbocycles. The minimum absolute atomic E-state index is 0.0617. The van der Waals surface area contributed by atoms with Crippen LogP contribution < -0.4 is 30.3 Å². The Balaban J connectivity index is 1.35. The van der Waals surface area contributed by atoms with Crippen molar-refractivity contribution in [1.82, 2.24) is 16.1 Å². The fraction of sp³-hybridized carbons (Fsp3) is 0.429. The number of hydrogen-bond donors (Lipinski definition) is 4. The van der Waals surface area contributed by atoms with Crippen LogP contribution in [0.1, 0.15) is 44.2 Å². The minimum Gasteiger partial charge on any atom is -0.493 e. The van der Waals surface area contributed by atoms with Crippen molar-refractivity contribution in [2.45, 2.75) is 45.3 Å². The molecule has 1 aliphatic heterocycles. The summed E-state index contributed by atoms with van der Waals surface area (Å²) in [6.45, 7) is 4.92. The first-order valence-corrected chi connectivity index (χ1v) is 13.4. The number of aliphatic hydroxyl groups excluding tert-OH is 1. The predicted molar refractivity (Wildman–Crippen MR) is 150 cm³/mol. The Morgan fingerprint density at radius 1 is 1.18 bits per heavy atom. The molecule has 0 spiro atoms. The van der Waals surface area contributed by atoms with Crippen LogP contribution in [0, 0.1) is 11.3 Å². The number of nitrogens with one attached hydrogen (secondary N) is 3. The molecule has 0 aromatic heterocycles. The van der Waals surface area contributed by atoms with Crippen molar-refractivity contribution < 1.29 is 28.9 Å². The summed E-state index contributed by atoms with van der Waals surface area (Å²) in [4.78, 5) is 23.4. The van der Waals surface area contributed by atoms with E-state index in [0.29, 0.717) is 66.8 Å². The second kappa shape index (κ2) is 15.7. The number of rotatable bonds is 15. The van der Waals surface area contributed by atoms with Gasteiger partial charge in [0.15, 0.2) is 6.61 Å². The number of hydrazone groups is 1. The van der Waals surface area contributed by atoms with E-state index in [0.717, 1.165) is 11.3 Å². The molecule has 0 bridgehead atoms. The molecule has 2 amide bonds. The molecule has 1 atom stereocenters. The third-order valence-corrected chi connectivity index (χ3v) is 6.00. The molecule has 0 saturated carbocycles. The molecule has 3 rings (SSSR count). The first-order chi connectivity index (χ1) is 19.2. The van der Waals surface area contributed by atoms with E-state index in [1.54, 1.807) is 36.4 Å². The monoisotopic (exact) mass is 571 g/mol. The van der Waals surface area contributed by atoms with Gasteiger partial charge in [0.05, 0.1) is 22.9 Å². The molecule has 4 N–H and O–H groups in total. The average Bonchev–Trinajstić information content (AvgIpc) is 2.94. The van der Waals surface area contributed by atoms with E-state index in [1.807, 2.05) is 13.8 Å². The average molecular weight is 572 g/mol. The van der Waals surface area contributed by atoms with Crippen LogP contribution >= 0.6 is 11.6 Å². The lowest BCUT2D eigenvalue weighted by molar-refractivity contribution is -0.123. The van der Waals surface area contributed by atoms with Crippen LogP contribution in [0.25, 0.3) is 0 Å². The van der Waals surface area contributed by atoms with Crippen LogP contribution in [-0.2, 0) is 9.59 Å². The van der Waals surface area contributed by atoms with Gasteiger partial charge in [-0.1, -0.05) is 25.4 Å². The Morgan fingerprint density at radius 3 is 2.67 bits per heavy atom. The van der Waals surface area contributed by atoms with Crippen molar-refractivity contribution in [3.63, 3.8) is 0 Å². The molecule has 214 valence electrons. The summed E-state index contributed by atoms with van der Waals surface area (Å²) < 4.78 is 16.8. The number of aliphatic hydroxyl groups is 1. The second-order valence-electron chi connectivity index (χ2n) is 9.38. The maximum atomic E-state index is 12.2. The lowest BCUT2D eigenvalue weighted by Crippen LogP contribution is -2.35. The van der Waals surface area contributed by atoms with Crippen molar-refractivity contribution in [3.05, 3.63) is 52.5 Å². The van der Waals surface area contributed by atoms with Gasteiger partial charge in [-0.05, 0) is 42.3 Å². The summed E-state index contributed by atoms with van der Waals surface area (Å²) in [6, 6.07) is 12.3. The van der Waals surface area contributed by atoms with Crippen LogP contribution in [0.4, 0.5) is 0 Å². The van der Waals surface area contributed by atoms with Crippen molar-refractivity contribution in [1.29, 1.82) is 5.26 Å². The smallest absolute Gasteiger partial charge is 0.257 e. The van der Waals surface area contributed by atoms with Gasteiger partial charge < -0.3 is 30.0 Å². The third-order valence-electron chi connectivity index (χ3n) is 5.70. The Kier molecular flexibility index (Phi) is 12.0. The van der Waals surface area contributed by atoms with Crippen LogP contribution in [0.15, 0.2) is 41.5 Å². The second-order valence-corrected chi connectivity index (χ2v) is 9.78. The zero-order valence-corrected chi connectivity index (χ0v) is 23.3. The number of nitrogens with zero attached hydrogens (tertiary/aromatic N) is 2. The SMILES string of the molecule is CC(C)NC[C@H](O)COc1ccc(OCCCNC(=O)COc2ccc(C3=NNC(=O)CC3)cc2Cl)cc1C#N. The number of ether oxygens (including phenoxy) is 3. The van der Waals surface area contributed by atoms with Gasteiger partial charge in [0, 0.05) is 38.0 Å². The molecule has 0 radical (unpaired) electrons. The number of halogens is 1. The van der Waals surface area contributed by atoms with E-state index in [2.05, 4.69) is 27.2 Å². The van der Waals surface area contributed by atoms with Gasteiger partial charge in [-0.15, -0.1) is 0 Å². The van der Waals surface area contributed by atoms with Gasteiger partial charge in [0.1, 0.15) is 36.0 Å². The Bertz CT molecular complexity index is 1250. The molecule has 0 fully saturated rings. The van der Waals surface area contributed by atoms with Crippen molar-refractivity contribution in [3.8, 4) is 23.3 Å². The number of amides is 2. The highest BCUT2D eigenvalue weighted by Crippen LogP contribution is 2.27. The normalized spacial score (nSPS) is 13.6. The van der Waals surface area contributed by atoms with E-state index >= 15 is 0 Å². The highest BCUT2D eigenvalue weighted by atomic mass is 35.5. The van der Waals surface area contributed by atoms with E-state index in [-0.39, 0.29) is 31.1 Å². The first kappa shape index (κ1) is 30.7. The minimum atomic E-state index is -0.698. The number of carbonyl (C=O) groups excluding carboxylic acids is 2. The van der Waals surface area contributed by atoms with E-state index in [1.165, 1.54) is 0 Å². The summed E-state index contributed by atoms with van der Waals surface area (Å²) in [5, 5.41) is 29.7.